The van der Waals surface area contributed by atoms with Crippen molar-refractivity contribution in [3.63, 3.8) is 0 Å². The Labute approximate surface area is 87.2 Å². The monoisotopic (exact) mass is 207 g/mol. The molecule has 0 aromatic carbocycles. The summed E-state index contributed by atoms with van der Waals surface area (Å²) in [6.07, 6.45) is 1.87. The second-order valence-corrected chi connectivity index (χ2v) is 4.25. The fourth-order valence-electron chi connectivity index (χ4n) is 1.46. The lowest BCUT2D eigenvalue weighted by Gasteiger charge is -2.04. The number of hydrogen-bond donors (Lipinski definition) is 1. The average Bonchev–Trinajstić information content (AvgIpc) is 2.77. The smallest absolute Gasteiger partial charge is 0.0756 e. The SMILES string of the molecule is Cc1cnn(Cc2cccs2)c1CN. The van der Waals surface area contributed by atoms with Gasteiger partial charge in [0.25, 0.3) is 0 Å². The molecule has 0 amide bonds. The number of aromatic nitrogens is 2. The summed E-state index contributed by atoms with van der Waals surface area (Å²) in [6.45, 7) is 3.43. The lowest BCUT2D eigenvalue weighted by Crippen LogP contribution is -2.09. The Bertz CT molecular complexity index is 403. The van der Waals surface area contributed by atoms with E-state index in [0.717, 1.165) is 12.2 Å². The minimum Gasteiger partial charge on any atom is -0.325 e. The molecule has 2 rings (SSSR count). The van der Waals surface area contributed by atoms with Gasteiger partial charge in [0.05, 0.1) is 18.4 Å². The Morgan fingerprint density at radius 3 is 3.07 bits per heavy atom. The Balaban J connectivity index is 2.25. The van der Waals surface area contributed by atoms with Crippen LogP contribution in [0.2, 0.25) is 0 Å². The summed E-state index contributed by atoms with van der Waals surface area (Å²) in [5, 5.41) is 6.38. The van der Waals surface area contributed by atoms with E-state index in [1.807, 2.05) is 17.8 Å². The predicted octanol–water partition coefficient (Wildman–Crippen LogP) is 1.76. The zero-order valence-electron chi connectivity index (χ0n) is 8.10. The first-order valence-corrected chi connectivity index (χ1v) is 5.43. The lowest BCUT2D eigenvalue weighted by atomic mass is 10.3. The lowest BCUT2D eigenvalue weighted by molar-refractivity contribution is 0.651. The predicted molar refractivity (Wildman–Crippen MR) is 58.3 cm³/mol. The first kappa shape index (κ1) is 9.43. The number of nitrogens with zero attached hydrogens (tertiary/aromatic N) is 2. The molecule has 0 aliphatic carbocycles. The second kappa shape index (κ2) is 3.94. The van der Waals surface area contributed by atoms with Crippen LogP contribution in [-0.2, 0) is 13.1 Å². The maximum atomic E-state index is 5.67. The van der Waals surface area contributed by atoms with Gasteiger partial charge in [-0.3, -0.25) is 4.68 Å². The standard InChI is InChI=1S/C10H13N3S/c1-8-6-12-13(10(8)5-11)7-9-3-2-4-14-9/h2-4,6H,5,7,11H2,1H3. The van der Waals surface area contributed by atoms with Gasteiger partial charge in [0.15, 0.2) is 0 Å². The summed E-state index contributed by atoms with van der Waals surface area (Å²) >= 11 is 1.74. The Morgan fingerprint density at radius 1 is 1.57 bits per heavy atom. The second-order valence-electron chi connectivity index (χ2n) is 3.22. The van der Waals surface area contributed by atoms with Gasteiger partial charge in [0, 0.05) is 11.4 Å². The first-order valence-electron chi connectivity index (χ1n) is 4.55. The molecule has 0 saturated carbocycles. The summed E-state index contributed by atoms with van der Waals surface area (Å²) in [6, 6.07) is 4.17. The van der Waals surface area contributed by atoms with Gasteiger partial charge in [0.1, 0.15) is 0 Å². The van der Waals surface area contributed by atoms with Crippen LogP contribution in [0.15, 0.2) is 23.7 Å². The number of hydrogen-bond acceptors (Lipinski definition) is 3. The van der Waals surface area contributed by atoms with Crippen molar-refractivity contribution in [2.45, 2.75) is 20.0 Å². The topological polar surface area (TPSA) is 43.8 Å². The molecule has 2 heterocycles. The Hall–Kier alpha value is -1.13. The Kier molecular flexibility index (Phi) is 2.65. The molecule has 74 valence electrons. The summed E-state index contributed by atoms with van der Waals surface area (Å²) in [7, 11) is 0. The molecule has 0 atom stereocenters. The number of thiophene rings is 1. The highest BCUT2D eigenvalue weighted by molar-refractivity contribution is 7.09. The van der Waals surface area contributed by atoms with Gasteiger partial charge in [-0.05, 0) is 23.9 Å². The van der Waals surface area contributed by atoms with Crippen molar-refractivity contribution in [1.82, 2.24) is 9.78 Å². The molecular weight excluding hydrogens is 194 g/mol. The number of rotatable bonds is 3. The van der Waals surface area contributed by atoms with Gasteiger partial charge in [0.2, 0.25) is 0 Å². The van der Waals surface area contributed by atoms with Gasteiger partial charge in [-0.2, -0.15) is 5.10 Å². The molecule has 0 fully saturated rings. The normalized spacial score (nSPS) is 10.7. The van der Waals surface area contributed by atoms with Gasteiger partial charge < -0.3 is 5.73 Å². The molecular formula is C10H13N3S. The molecule has 0 bridgehead atoms. The molecule has 0 aliphatic rings. The van der Waals surface area contributed by atoms with Crippen LogP contribution in [0.3, 0.4) is 0 Å². The fourth-order valence-corrected chi connectivity index (χ4v) is 2.14. The molecule has 3 nitrogen and oxygen atoms in total. The minimum atomic E-state index is 0.553. The summed E-state index contributed by atoms with van der Waals surface area (Å²) in [5.41, 5.74) is 7.96. The van der Waals surface area contributed by atoms with Crippen LogP contribution in [0.4, 0.5) is 0 Å². The van der Waals surface area contributed by atoms with Crippen LogP contribution in [0, 0.1) is 6.92 Å². The van der Waals surface area contributed by atoms with Crippen molar-refractivity contribution >= 4 is 11.3 Å². The van der Waals surface area contributed by atoms with Crippen molar-refractivity contribution in [1.29, 1.82) is 0 Å². The zero-order valence-corrected chi connectivity index (χ0v) is 8.92. The molecule has 14 heavy (non-hydrogen) atoms. The zero-order chi connectivity index (χ0) is 9.97. The molecule has 4 heteroatoms. The van der Waals surface area contributed by atoms with Crippen LogP contribution >= 0.6 is 11.3 Å². The van der Waals surface area contributed by atoms with E-state index < -0.39 is 0 Å². The van der Waals surface area contributed by atoms with Crippen LogP contribution in [0.1, 0.15) is 16.1 Å². The van der Waals surface area contributed by atoms with E-state index in [-0.39, 0.29) is 0 Å². The third kappa shape index (κ3) is 1.71. The molecule has 0 aliphatic heterocycles. The molecule has 2 aromatic heterocycles. The largest absolute Gasteiger partial charge is 0.325 e. The number of nitrogens with two attached hydrogens (primary N) is 1. The molecule has 0 radical (unpaired) electrons. The maximum absolute atomic E-state index is 5.67. The molecule has 0 spiro atoms. The fraction of sp³-hybridized carbons (Fsp3) is 0.300. The van der Waals surface area contributed by atoms with Crippen LogP contribution < -0.4 is 5.73 Å². The molecule has 2 N–H and O–H groups in total. The quantitative estimate of drug-likeness (QED) is 0.833. The molecule has 0 saturated heterocycles. The highest BCUT2D eigenvalue weighted by Crippen LogP contribution is 2.13. The van der Waals surface area contributed by atoms with Crippen molar-refractivity contribution in [2.75, 3.05) is 0 Å². The minimum absolute atomic E-state index is 0.553. The third-order valence-corrected chi connectivity index (χ3v) is 3.10. The van der Waals surface area contributed by atoms with E-state index in [0.29, 0.717) is 6.54 Å². The first-order chi connectivity index (χ1) is 6.81. The summed E-state index contributed by atoms with van der Waals surface area (Å²) in [5.74, 6) is 0. The van der Waals surface area contributed by atoms with Gasteiger partial charge in [-0.25, -0.2) is 0 Å². The van der Waals surface area contributed by atoms with Gasteiger partial charge >= 0.3 is 0 Å². The van der Waals surface area contributed by atoms with E-state index in [1.54, 1.807) is 11.3 Å². The van der Waals surface area contributed by atoms with Crippen molar-refractivity contribution in [2.24, 2.45) is 5.73 Å². The van der Waals surface area contributed by atoms with Crippen LogP contribution in [0.5, 0.6) is 0 Å². The Morgan fingerprint density at radius 2 is 2.43 bits per heavy atom. The van der Waals surface area contributed by atoms with Gasteiger partial charge in [-0.15, -0.1) is 11.3 Å². The van der Waals surface area contributed by atoms with E-state index in [9.17, 15) is 0 Å². The van der Waals surface area contributed by atoms with Crippen molar-refractivity contribution in [3.05, 3.63) is 39.8 Å². The molecule has 2 aromatic rings. The van der Waals surface area contributed by atoms with E-state index >= 15 is 0 Å². The molecule has 0 unspecified atom stereocenters. The summed E-state index contributed by atoms with van der Waals surface area (Å²) in [4.78, 5) is 1.31. The van der Waals surface area contributed by atoms with E-state index in [2.05, 4.69) is 22.6 Å². The van der Waals surface area contributed by atoms with Crippen LogP contribution in [-0.4, -0.2) is 9.78 Å². The average molecular weight is 207 g/mol. The van der Waals surface area contributed by atoms with Crippen molar-refractivity contribution < 1.29 is 0 Å². The van der Waals surface area contributed by atoms with Crippen LogP contribution in [0.25, 0.3) is 0 Å². The van der Waals surface area contributed by atoms with E-state index in [4.69, 9.17) is 5.73 Å². The summed E-state index contributed by atoms with van der Waals surface area (Å²) < 4.78 is 1.97. The third-order valence-electron chi connectivity index (χ3n) is 2.24. The van der Waals surface area contributed by atoms with E-state index in [1.165, 1.54) is 10.4 Å². The number of aryl methyl sites for hydroxylation is 1. The highest BCUT2D eigenvalue weighted by atomic mass is 32.1. The highest BCUT2D eigenvalue weighted by Gasteiger charge is 2.05. The maximum Gasteiger partial charge on any atom is 0.0756 e. The van der Waals surface area contributed by atoms with Crippen molar-refractivity contribution in [3.8, 4) is 0 Å². The van der Waals surface area contributed by atoms with Gasteiger partial charge in [-0.1, -0.05) is 6.07 Å².